The zero-order valence-corrected chi connectivity index (χ0v) is 11.6. The average Bonchev–Trinajstić information content (AvgIpc) is 2.39. The predicted octanol–water partition coefficient (Wildman–Crippen LogP) is 3.11. The van der Waals surface area contributed by atoms with Crippen LogP contribution in [0.1, 0.15) is 38.2 Å². The minimum atomic E-state index is -0.391. The fourth-order valence-electron chi connectivity index (χ4n) is 2.39. The molecule has 0 atom stereocenters. The van der Waals surface area contributed by atoms with Crippen LogP contribution in [-0.2, 0) is 4.74 Å². The summed E-state index contributed by atoms with van der Waals surface area (Å²) in [6.07, 6.45) is 1.81. The van der Waals surface area contributed by atoms with E-state index in [4.69, 9.17) is 4.74 Å². The van der Waals surface area contributed by atoms with E-state index in [1.165, 1.54) is 5.56 Å². The van der Waals surface area contributed by atoms with E-state index >= 15 is 0 Å². The molecular weight excluding hydrogens is 240 g/mol. The lowest BCUT2D eigenvalue weighted by atomic mass is 9.90. The summed E-state index contributed by atoms with van der Waals surface area (Å²) in [4.78, 5) is 11.6. The van der Waals surface area contributed by atoms with Gasteiger partial charge in [-0.05, 0) is 63.4 Å². The molecule has 4 heteroatoms. The molecule has 1 aliphatic rings. The van der Waals surface area contributed by atoms with E-state index in [0.29, 0.717) is 5.92 Å². The minimum Gasteiger partial charge on any atom is -0.447 e. The fourth-order valence-corrected chi connectivity index (χ4v) is 2.39. The van der Waals surface area contributed by atoms with E-state index in [2.05, 4.69) is 22.8 Å². The minimum absolute atomic E-state index is 0.104. The average molecular weight is 262 g/mol. The van der Waals surface area contributed by atoms with E-state index in [-0.39, 0.29) is 6.10 Å². The molecule has 1 aromatic rings. The summed E-state index contributed by atoms with van der Waals surface area (Å²) >= 11 is 0. The molecule has 1 saturated heterocycles. The summed E-state index contributed by atoms with van der Waals surface area (Å²) in [7, 11) is 0. The number of hydrogen-bond acceptors (Lipinski definition) is 3. The van der Waals surface area contributed by atoms with Gasteiger partial charge >= 0.3 is 6.09 Å². The maximum absolute atomic E-state index is 11.6. The molecule has 0 aromatic heterocycles. The maximum atomic E-state index is 11.6. The van der Waals surface area contributed by atoms with Gasteiger partial charge in [-0.15, -0.1) is 0 Å². The topological polar surface area (TPSA) is 50.4 Å². The van der Waals surface area contributed by atoms with Gasteiger partial charge in [-0.3, -0.25) is 5.32 Å². The van der Waals surface area contributed by atoms with Crippen LogP contribution in [0.15, 0.2) is 24.3 Å². The van der Waals surface area contributed by atoms with Gasteiger partial charge in [0.05, 0.1) is 6.10 Å². The van der Waals surface area contributed by atoms with Crippen LogP contribution < -0.4 is 10.6 Å². The second kappa shape index (κ2) is 6.57. The van der Waals surface area contributed by atoms with Crippen molar-refractivity contribution >= 4 is 11.8 Å². The first kappa shape index (κ1) is 13.9. The summed E-state index contributed by atoms with van der Waals surface area (Å²) in [6, 6.07) is 8.07. The van der Waals surface area contributed by atoms with E-state index < -0.39 is 6.09 Å². The van der Waals surface area contributed by atoms with E-state index in [1.54, 1.807) is 0 Å². The molecule has 1 heterocycles. The van der Waals surface area contributed by atoms with Crippen molar-refractivity contribution in [2.24, 2.45) is 0 Å². The summed E-state index contributed by atoms with van der Waals surface area (Å²) in [5, 5.41) is 6.14. The van der Waals surface area contributed by atoms with Gasteiger partial charge in [0.2, 0.25) is 0 Å². The first-order chi connectivity index (χ1) is 9.15. The molecule has 19 heavy (non-hydrogen) atoms. The third-order valence-corrected chi connectivity index (χ3v) is 3.29. The Morgan fingerprint density at radius 2 is 2.11 bits per heavy atom. The number of amides is 1. The van der Waals surface area contributed by atoms with Gasteiger partial charge in [-0.2, -0.15) is 0 Å². The number of benzene rings is 1. The SMILES string of the molecule is CC(C)OC(=O)Nc1cccc(C2CCNCC2)c1. The van der Waals surface area contributed by atoms with Crippen molar-refractivity contribution in [3.8, 4) is 0 Å². The first-order valence-electron chi connectivity index (χ1n) is 6.93. The number of piperidine rings is 1. The number of ether oxygens (including phenoxy) is 1. The Morgan fingerprint density at radius 1 is 1.37 bits per heavy atom. The van der Waals surface area contributed by atoms with Crippen LogP contribution in [0.2, 0.25) is 0 Å². The van der Waals surface area contributed by atoms with Crippen molar-refractivity contribution in [3.05, 3.63) is 29.8 Å². The van der Waals surface area contributed by atoms with Gasteiger partial charge < -0.3 is 10.1 Å². The molecule has 0 radical (unpaired) electrons. The third kappa shape index (κ3) is 4.24. The number of hydrogen-bond donors (Lipinski definition) is 2. The second-order valence-electron chi connectivity index (χ2n) is 5.23. The van der Waals surface area contributed by atoms with E-state index in [1.807, 2.05) is 26.0 Å². The lowest BCUT2D eigenvalue weighted by Crippen LogP contribution is -2.26. The second-order valence-corrected chi connectivity index (χ2v) is 5.23. The molecule has 0 unspecified atom stereocenters. The lowest BCUT2D eigenvalue weighted by Gasteiger charge is -2.23. The van der Waals surface area contributed by atoms with Crippen molar-refractivity contribution < 1.29 is 9.53 Å². The standard InChI is InChI=1S/C15H22N2O2/c1-11(2)19-15(18)17-14-5-3-4-13(10-14)12-6-8-16-9-7-12/h3-5,10-12,16H,6-9H2,1-2H3,(H,17,18). The van der Waals surface area contributed by atoms with E-state index in [9.17, 15) is 4.79 Å². The maximum Gasteiger partial charge on any atom is 0.411 e. The third-order valence-electron chi connectivity index (χ3n) is 3.29. The molecule has 0 spiro atoms. The Morgan fingerprint density at radius 3 is 2.79 bits per heavy atom. The smallest absolute Gasteiger partial charge is 0.411 e. The Labute approximate surface area is 114 Å². The number of carbonyl (C=O) groups is 1. The molecule has 1 amide bonds. The van der Waals surface area contributed by atoms with Gasteiger partial charge in [0, 0.05) is 5.69 Å². The highest BCUT2D eigenvalue weighted by atomic mass is 16.6. The van der Waals surface area contributed by atoms with Crippen LogP contribution in [0, 0.1) is 0 Å². The molecule has 1 aliphatic heterocycles. The Kier molecular flexibility index (Phi) is 4.80. The highest BCUT2D eigenvalue weighted by Crippen LogP contribution is 2.27. The molecule has 0 aliphatic carbocycles. The van der Waals surface area contributed by atoms with Crippen LogP contribution in [0.4, 0.5) is 10.5 Å². The largest absolute Gasteiger partial charge is 0.447 e. The van der Waals surface area contributed by atoms with Crippen LogP contribution in [0.5, 0.6) is 0 Å². The van der Waals surface area contributed by atoms with Gasteiger partial charge in [0.1, 0.15) is 0 Å². The summed E-state index contributed by atoms with van der Waals surface area (Å²) in [5.74, 6) is 0.587. The number of nitrogens with one attached hydrogen (secondary N) is 2. The van der Waals surface area contributed by atoms with Gasteiger partial charge in [0.25, 0.3) is 0 Å². The summed E-state index contributed by atoms with van der Waals surface area (Å²) in [6.45, 7) is 5.81. The van der Waals surface area contributed by atoms with Crippen molar-refractivity contribution in [3.63, 3.8) is 0 Å². The van der Waals surface area contributed by atoms with Crippen LogP contribution >= 0.6 is 0 Å². The van der Waals surface area contributed by atoms with Crippen molar-refractivity contribution in [1.29, 1.82) is 0 Å². The molecule has 1 aromatic carbocycles. The van der Waals surface area contributed by atoms with Crippen LogP contribution in [-0.4, -0.2) is 25.3 Å². The molecule has 2 N–H and O–H groups in total. The molecule has 2 rings (SSSR count). The van der Waals surface area contributed by atoms with Crippen LogP contribution in [0.25, 0.3) is 0 Å². The Bertz CT molecular complexity index is 426. The lowest BCUT2D eigenvalue weighted by molar-refractivity contribution is 0.130. The number of carbonyl (C=O) groups excluding carboxylic acids is 1. The molecule has 0 saturated carbocycles. The quantitative estimate of drug-likeness (QED) is 0.880. The zero-order chi connectivity index (χ0) is 13.7. The Balaban J connectivity index is 2.00. The highest BCUT2D eigenvalue weighted by Gasteiger charge is 2.15. The van der Waals surface area contributed by atoms with Gasteiger partial charge in [0.15, 0.2) is 0 Å². The van der Waals surface area contributed by atoms with Crippen molar-refractivity contribution in [2.45, 2.75) is 38.7 Å². The van der Waals surface area contributed by atoms with Gasteiger partial charge in [-0.1, -0.05) is 12.1 Å². The molecule has 0 bridgehead atoms. The summed E-state index contributed by atoms with van der Waals surface area (Å²) < 4.78 is 5.08. The molecule has 1 fully saturated rings. The van der Waals surface area contributed by atoms with E-state index in [0.717, 1.165) is 31.6 Å². The Hall–Kier alpha value is -1.55. The van der Waals surface area contributed by atoms with Gasteiger partial charge in [-0.25, -0.2) is 4.79 Å². The zero-order valence-electron chi connectivity index (χ0n) is 11.6. The summed E-state index contributed by atoms with van der Waals surface area (Å²) in [5.41, 5.74) is 2.10. The molecule has 104 valence electrons. The molecular formula is C15H22N2O2. The monoisotopic (exact) mass is 262 g/mol. The normalized spacial score (nSPS) is 16.4. The number of anilines is 1. The van der Waals surface area contributed by atoms with Crippen LogP contribution in [0.3, 0.4) is 0 Å². The fraction of sp³-hybridized carbons (Fsp3) is 0.533. The van der Waals surface area contributed by atoms with Crippen molar-refractivity contribution in [2.75, 3.05) is 18.4 Å². The highest BCUT2D eigenvalue weighted by molar-refractivity contribution is 5.84. The molecule has 4 nitrogen and oxygen atoms in total. The predicted molar refractivity (Wildman–Crippen MR) is 76.5 cm³/mol. The number of rotatable bonds is 3. The van der Waals surface area contributed by atoms with Crippen molar-refractivity contribution in [1.82, 2.24) is 5.32 Å². The first-order valence-corrected chi connectivity index (χ1v) is 6.93.